The molecule has 0 saturated carbocycles. The van der Waals surface area contributed by atoms with E-state index in [1.165, 1.54) is 4.90 Å². The maximum Gasteiger partial charge on any atom is 0.328 e. The number of aliphatic imine (C=N–C) groups is 1. The average molecular weight is 388 g/mol. The third-order valence-electron chi connectivity index (χ3n) is 5.18. The van der Waals surface area contributed by atoms with E-state index in [4.69, 9.17) is 16.6 Å². The lowest BCUT2D eigenvalue weighted by Crippen LogP contribution is -2.63. The summed E-state index contributed by atoms with van der Waals surface area (Å²) in [5.74, 6) is 0.520. The number of guanidine groups is 1. The zero-order chi connectivity index (χ0) is 19.3. The van der Waals surface area contributed by atoms with Gasteiger partial charge in [-0.3, -0.25) is 9.69 Å². The van der Waals surface area contributed by atoms with Gasteiger partial charge in [0.25, 0.3) is 5.91 Å². The van der Waals surface area contributed by atoms with Gasteiger partial charge in [-0.05, 0) is 31.0 Å². The molecule has 0 spiro atoms. The summed E-state index contributed by atoms with van der Waals surface area (Å²) in [5, 5.41) is 0.579. The summed E-state index contributed by atoms with van der Waals surface area (Å²) in [7, 11) is 1.70. The van der Waals surface area contributed by atoms with Crippen LogP contribution in [0.25, 0.3) is 0 Å². The molecule has 0 aromatic heterocycles. The molecule has 8 heteroatoms. The van der Waals surface area contributed by atoms with Crippen molar-refractivity contribution in [3.8, 4) is 0 Å². The van der Waals surface area contributed by atoms with Crippen molar-refractivity contribution >= 4 is 29.5 Å². The van der Waals surface area contributed by atoms with E-state index in [2.05, 4.69) is 11.8 Å². The minimum absolute atomic E-state index is 0.191. The van der Waals surface area contributed by atoms with Crippen LogP contribution in [0.3, 0.4) is 0 Å². The second kappa shape index (κ2) is 6.56. The Bertz CT molecular complexity index is 867. The Morgan fingerprint density at radius 3 is 2.70 bits per heavy atom. The van der Waals surface area contributed by atoms with Crippen LogP contribution in [0.5, 0.6) is 0 Å². The van der Waals surface area contributed by atoms with E-state index >= 15 is 0 Å². The van der Waals surface area contributed by atoms with E-state index in [-0.39, 0.29) is 18.5 Å². The predicted molar refractivity (Wildman–Crippen MR) is 103 cm³/mol. The van der Waals surface area contributed by atoms with Crippen molar-refractivity contribution < 1.29 is 9.59 Å². The second-order valence-electron chi connectivity index (χ2n) is 7.06. The number of carbonyl (C=O) groups is 2. The average Bonchev–Trinajstić information content (AvgIpc) is 3.14. The van der Waals surface area contributed by atoms with Crippen LogP contribution >= 0.6 is 11.6 Å². The third-order valence-corrected chi connectivity index (χ3v) is 5.41. The minimum atomic E-state index is -0.529. The number of hydrogen-bond acceptors (Lipinski definition) is 5. The van der Waals surface area contributed by atoms with Gasteiger partial charge in [-0.15, -0.1) is 0 Å². The lowest BCUT2D eigenvalue weighted by molar-refractivity contribution is -0.137. The van der Waals surface area contributed by atoms with Gasteiger partial charge < -0.3 is 14.7 Å². The summed E-state index contributed by atoms with van der Waals surface area (Å²) in [6.07, 6.45) is 2.43. The number of likely N-dealkylation sites (N-methyl/N-ethyl adjacent to an activating group) is 1. The molecule has 0 bridgehead atoms. The summed E-state index contributed by atoms with van der Waals surface area (Å²) in [6, 6.07) is 6.35. The lowest BCUT2D eigenvalue weighted by atomic mass is 10.1. The van der Waals surface area contributed by atoms with Crippen molar-refractivity contribution in [3.05, 3.63) is 46.7 Å². The molecule has 4 rings (SSSR count). The van der Waals surface area contributed by atoms with Crippen LogP contribution in [0.2, 0.25) is 5.02 Å². The number of nitrogens with zero attached hydrogens (tertiary/aromatic N) is 5. The standard InChI is InChI=1S/C19H22ClN5O2/c1-4-8-23-12(2)10-24-15-16(21-18(23)24)22(3)19(27)25(17(15)26)11-13-6-5-7-14(20)9-13/h5-7,9-10,15-16H,4,8,11H2,1-3H3. The number of carbonyl (C=O) groups excluding carboxylic acids is 2. The van der Waals surface area contributed by atoms with Crippen LogP contribution in [0.1, 0.15) is 25.8 Å². The first kappa shape index (κ1) is 17.9. The highest BCUT2D eigenvalue weighted by Gasteiger charge is 2.54. The van der Waals surface area contributed by atoms with E-state index < -0.39 is 12.2 Å². The monoisotopic (exact) mass is 387 g/mol. The van der Waals surface area contributed by atoms with Crippen LogP contribution in [-0.4, -0.2) is 63.3 Å². The zero-order valence-electron chi connectivity index (χ0n) is 15.6. The molecule has 2 unspecified atom stereocenters. The number of fused-ring (bicyclic) bond motifs is 3. The smallest absolute Gasteiger partial charge is 0.315 e. The van der Waals surface area contributed by atoms with Crippen molar-refractivity contribution in [2.45, 2.75) is 39.0 Å². The first-order valence-electron chi connectivity index (χ1n) is 9.07. The molecule has 142 valence electrons. The van der Waals surface area contributed by atoms with Crippen molar-refractivity contribution in [3.63, 3.8) is 0 Å². The first-order valence-corrected chi connectivity index (χ1v) is 9.45. The predicted octanol–water partition coefficient (Wildman–Crippen LogP) is 2.69. The molecule has 1 fully saturated rings. The molecule has 0 radical (unpaired) electrons. The molecule has 3 heterocycles. The number of allylic oxidation sites excluding steroid dienone is 1. The Kier molecular flexibility index (Phi) is 4.34. The van der Waals surface area contributed by atoms with Crippen LogP contribution < -0.4 is 0 Å². The van der Waals surface area contributed by atoms with Crippen molar-refractivity contribution in [1.29, 1.82) is 0 Å². The molecule has 27 heavy (non-hydrogen) atoms. The largest absolute Gasteiger partial charge is 0.328 e. The van der Waals surface area contributed by atoms with Crippen molar-refractivity contribution in [1.82, 2.24) is 19.6 Å². The SMILES string of the molecule is CCCN1C(C)=CN2C1=NC1C2C(=O)N(Cc2cccc(Cl)c2)C(=O)N1C. The summed E-state index contributed by atoms with van der Waals surface area (Å²) in [5.41, 5.74) is 1.87. The number of halogens is 1. The molecule has 3 aliphatic rings. The first-order chi connectivity index (χ1) is 12.9. The molecule has 3 amide bonds. The van der Waals surface area contributed by atoms with Gasteiger partial charge in [0.2, 0.25) is 5.96 Å². The summed E-state index contributed by atoms with van der Waals surface area (Å²) in [6.45, 7) is 5.13. The Balaban J connectivity index is 1.64. The topological polar surface area (TPSA) is 59.5 Å². The molecular weight excluding hydrogens is 366 g/mol. The molecular formula is C19H22ClN5O2. The highest BCUT2D eigenvalue weighted by Crippen LogP contribution is 2.34. The highest BCUT2D eigenvalue weighted by molar-refractivity contribution is 6.30. The third kappa shape index (κ3) is 2.77. The van der Waals surface area contributed by atoms with Gasteiger partial charge in [0.1, 0.15) is 0 Å². The van der Waals surface area contributed by atoms with Gasteiger partial charge in [-0.1, -0.05) is 30.7 Å². The van der Waals surface area contributed by atoms with E-state index in [1.807, 2.05) is 30.2 Å². The Hall–Kier alpha value is -2.54. The van der Waals surface area contributed by atoms with Crippen molar-refractivity contribution in [2.75, 3.05) is 13.6 Å². The van der Waals surface area contributed by atoms with E-state index in [0.29, 0.717) is 5.02 Å². The number of benzene rings is 1. The fourth-order valence-electron chi connectivity index (χ4n) is 3.87. The number of imide groups is 1. The van der Waals surface area contributed by atoms with Crippen LogP contribution in [0.4, 0.5) is 4.79 Å². The van der Waals surface area contributed by atoms with Gasteiger partial charge in [-0.2, -0.15) is 0 Å². The van der Waals surface area contributed by atoms with E-state index in [0.717, 1.165) is 30.2 Å². The van der Waals surface area contributed by atoms with Gasteiger partial charge in [0.15, 0.2) is 12.2 Å². The summed E-state index contributed by atoms with van der Waals surface area (Å²) >= 11 is 6.05. The molecule has 3 aliphatic heterocycles. The molecule has 1 aromatic carbocycles. The molecule has 1 aromatic rings. The fourth-order valence-corrected chi connectivity index (χ4v) is 4.08. The van der Waals surface area contributed by atoms with Crippen molar-refractivity contribution in [2.24, 2.45) is 4.99 Å². The quantitative estimate of drug-likeness (QED) is 0.797. The van der Waals surface area contributed by atoms with Crippen LogP contribution in [0, 0.1) is 0 Å². The minimum Gasteiger partial charge on any atom is -0.315 e. The number of amides is 3. The van der Waals surface area contributed by atoms with E-state index in [9.17, 15) is 9.59 Å². The molecule has 0 N–H and O–H groups in total. The van der Waals surface area contributed by atoms with Gasteiger partial charge >= 0.3 is 6.03 Å². The Morgan fingerprint density at radius 1 is 1.22 bits per heavy atom. The highest BCUT2D eigenvalue weighted by atomic mass is 35.5. The number of urea groups is 1. The molecule has 7 nitrogen and oxygen atoms in total. The molecule has 2 atom stereocenters. The Labute approximate surface area is 163 Å². The van der Waals surface area contributed by atoms with Gasteiger partial charge in [0.05, 0.1) is 6.54 Å². The molecule has 1 saturated heterocycles. The zero-order valence-corrected chi connectivity index (χ0v) is 16.3. The molecule has 0 aliphatic carbocycles. The van der Waals surface area contributed by atoms with Gasteiger partial charge in [-0.25, -0.2) is 9.79 Å². The lowest BCUT2D eigenvalue weighted by Gasteiger charge is -2.40. The number of rotatable bonds is 4. The van der Waals surface area contributed by atoms with Crippen LogP contribution in [-0.2, 0) is 11.3 Å². The maximum absolute atomic E-state index is 13.2. The fraction of sp³-hybridized carbons (Fsp3) is 0.421. The van der Waals surface area contributed by atoms with E-state index in [1.54, 1.807) is 24.1 Å². The van der Waals surface area contributed by atoms with Gasteiger partial charge in [0, 0.05) is 30.5 Å². The number of hydrogen-bond donors (Lipinski definition) is 0. The maximum atomic E-state index is 13.2. The second-order valence-corrected chi connectivity index (χ2v) is 7.50. The Morgan fingerprint density at radius 2 is 2.00 bits per heavy atom. The summed E-state index contributed by atoms with van der Waals surface area (Å²) < 4.78 is 0. The van der Waals surface area contributed by atoms with Crippen LogP contribution in [0.15, 0.2) is 41.2 Å². The normalized spacial score (nSPS) is 24.3. The summed E-state index contributed by atoms with van der Waals surface area (Å²) in [4.78, 5) is 37.7.